The average molecular weight is 487 g/mol. The van der Waals surface area contributed by atoms with E-state index in [0.717, 1.165) is 29.8 Å². The van der Waals surface area contributed by atoms with E-state index >= 15 is 0 Å². The van der Waals surface area contributed by atoms with E-state index in [2.05, 4.69) is 77.7 Å². The monoisotopic (exact) mass is 487 g/mol. The van der Waals surface area contributed by atoms with E-state index in [1.807, 2.05) is 6.92 Å². The lowest BCUT2D eigenvalue weighted by Gasteiger charge is -2.26. The van der Waals surface area contributed by atoms with Gasteiger partial charge in [0.1, 0.15) is 0 Å². The van der Waals surface area contributed by atoms with Crippen LogP contribution in [0.3, 0.4) is 0 Å². The molecule has 0 saturated carbocycles. The maximum Gasteiger partial charge on any atom is 0.191 e. The molecule has 1 aromatic heterocycles. The summed E-state index contributed by atoms with van der Waals surface area (Å²) in [5, 5.41) is 7.93. The summed E-state index contributed by atoms with van der Waals surface area (Å²) in [4.78, 5) is 12.3. The molecule has 1 unspecified atom stereocenters. The van der Waals surface area contributed by atoms with Crippen molar-refractivity contribution in [3.8, 4) is 0 Å². The molecule has 0 radical (unpaired) electrons. The van der Waals surface area contributed by atoms with Gasteiger partial charge in [-0.05, 0) is 40.4 Å². The molecule has 26 heavy (non-hydrogen) atoms. The highest BCUT2D eigenvalue weighted by Crippen LogP contribution is 2.18. The Bertz CT molecular complexity index is 709. The fraction of sp³-hybridized carbons (Fsp3) is 0.474. The number of thiazole rings is 1. The number of nitrogens with zero attached hydrogens (tertiary/aromatic N) is 3. The summed E-state index contributed by atoms with van der Waals surface area (Å²) in [6, 6.07) is 9.00. The number of aliphatic imine (C=N–C) groups is 1. The maximum atomic E-state index is 4.47. The van der Waals surface area contributed by atoms with E-state index < -0.39 is 0 Å². The Morgan fingerprint density at radius 3 is 2.31 bits per heavy atom. The molecule has 2 rings (SSSR count). The van der Waals surface area contributed by atoms with Gasteiger partial charge in [-0.1, -0.05) is 29.8 Å². The minimum absolute atomic E-state index is 0. The molecule has 2 aromatic rings. The highest BCUT2D eigenvalue weighted by molar-refractivity contribution is 14.0. The Balaban J connectivity index is 0.00000338. The van der Waals surface area contributed by atoms with Crippen molar-refractivity contribution >= 4 is 41.3 Å². The fourth-order valence-corrected chi connectivity index (χ4v) is 3.58. The van der Waals surface area contributed by atoms with Crippen molar-refractivity contribution in [3.63, 3.8) is 0 Å². The number of halogens is 1. The summed E-state index contributed by atoms with van der Waals surface area (Å²) in [6.45, 7) is 7.74. The third kappa shape index (κ3) is 6.51. The van der Waals surface area contributed by atoms with Gasteiger partial charge in [0.2, 0.25) is 0 Å². The molecular formula is C19H30IN5S. The third-order valence-corrected chi connectivity index (χ3v) is 5.26. The normalized spacial score (nSPS) is 12.7. The fourth-order valence-electron chi connectivity index (χ4n) is 2.70. The van der Waals surface area contributed by atoms with Crippen LogP contribution in [-0.4, -0.2) is 43.5 Å². The van der Waals surface area contributed by atoms with Crippen LogP contribution in [0.25, 0.3) is 0 Å². The lowest BCUT2D eigenvalue weighted by atomic mass is 10.0. The molecule has 0 bridgehead atoms. The first-order valence-electron chi connectivity index (χ1n) is 8.51. The van der Waals surface area contributed by atoms with Crippen molar-refractivity contribution in [2.75, 3.05) is 27.7 Å². The molecule has 144 valence electrons. The van der Waals surface area contributed by atoms with Crippen molar-refractivity contribution in [2.24, 2.45) is 4.99 Å². The minimum Gasteiger partial charge on any atom is -0.354 e. The summed E-state index contributed by atoms with van der Waals surface area (Å²) in [7, 11) is 6.01. The van der Waals surface area contributed by atoms with Crippen molar-refractivity contribution in [2.45, 2.75) is 33.4 Å². The number of aromatic nitrogens is 1. The summed E-state index contributed by atoms with van der Waals surface area (Å²) in [5.41, 5.74) is 3.67. The first-order valence-corrected chi connectivity index (χ1v) is 9.32. The number of rotatable bonds is 6. The van der Waals surface area contributed by atoms with Crippen LogP contribution in [0.2, 0.25) is 0 Å². The molecule has 1 atom stereocenters. The minimum atomic E-state index is 0. The molecule has 7 heteroatoms. The lowest BCUT2D eigenvalue weighted by molar-refractivity contribution is 0.298. The van der Waals surface area contributed by atoms with E-state index in [-0.39, 0.29) is 30.0 Å². The first kappa shape index (κ1) is 22.9. The predicted molar refractivity (Wildman–Crippen MR) is 123 cm³/mol. The SMILES string of the molecule is CN=C(NCc1sc(C)nc1C)NCC(c1ccc(C)cc1)N(C)C.I. The van der Waals surface area contributed by atoms with Crippen LogP contribution in [0, 0.1) is 20.8 Å². The quantitative estimate of drug-likeness (QED) is 0.371. The van der Waals surface area contributed by atoms with Gasteiger partial charge in [0.05, 0.1) is 23.3 Å². The van der Waals surface area contributed by atoms with E-state index in [9.17, 15) is 0 Å². The van der Waals surface area contributed by atoms with E-state index in [4.69, 9.17) is 0 Å². The number of hydrogen-bond acceptors (Lipinski definition) is 4. The van der Waals surface area contributed by atoms with Crippen LogP contribution < -0.4 is 10.6 Å². The van der Waals surface area contributed by atoms with Crippen LogP contribution >= 0.6 is 35.3 Å². The topological polar surface area (TPSA) is 52.6 Å². The molecule has 1 heterocycles. The van der Waals surface area contributed by atoms with Gasteiger partial charge in [-0.25, -0.2) is 4.98 Å². The Morgan fingerprint density at radius 1 is 1.15 bits per heavy atom. The molecule has 0 aliphatic rings. The number of guanidine groups is 1. The van der Waals surface area contributed by atoms with E-state index in [1.54, 1.807) is 18.4 Å². The van der Waals surface area contributed by atoms with Crippen LogP contribution in [0.1, 0.15) is 32.7 Å². The Labute approximate surface area is 178 Å². The van der Waals surface area contributed by atoms with Gasteiger partial charge >= 0.3 is 0 Å². The molecule has 0 amide bonds. The van der Waals surface area contributed by atoms with Gasteiger partial charge in [-0.2, -0.15) is 0 Å². The van der Waals surface area contributed by atoms with Gasteiger partial charge in [-0.3, -0.25) is 4.99 Å². The molecular weight excluding hydrogens is 457 g/mol. The molecule has 0 saturated heterocycles. The zero-order chi connectivity index (χ0) is 18.4. The lowest BCUT2D eigenvalue weighted by Crippen LogP contribution is -2.41. The van der Waals surface area contributed by atoms with Gasteiger partial charge < -0.3 is 15.5 Å². The summed E-state index contributed by atoms with van der Waals surface area (Å²) in [5.74, 6) is 0.810. The third-order valence-electron chi connectivity index (χ3n) is 4.19. The predicted octanol–water partition coefficient (Wildman–Crippen LogP) is 3.65. The molecule has 0 aliphatic heterocycles. The van der Waals surface area contributed by atoms with E-state index in [0.29, 0.717) is 0 Å². The van der Waals surface area contributed by atoms with Gasteiger partial charge in [0, 0.05) is 18.5 Å². The second-order valence-corrected chi connectivity index (χ2v) is 7.73. The molecule has 1 aromatic carbocycles. The summed E-state index contributed by atoms with van der Waals surface area (Å²) >= 11 is 1.73. The summed E-state index contributed by atoms with van der Waals surface area (Å²) < 4.78 is 0. The Hall–Kier alpha value is -1.19. The number of aryl methyl sites for hydroxylation is 3. The van der Waals surface area contributed by atoms with Crippen molar-refractivity contribution < 1.29 is 0 Å². The largest absolute Gasteiger partial charge is 0.354 e. The molecule has 0 fully saturated rings. The van der Waals surface area contributed by atoms with Crippen LogP contribution in [-0.2, 0) is 6.54 Å². The first-order chi connectivity index (χ1) is 11.9. The van der Waals surface area contributed by atoms with Gasteiger partial charge in [0.25, 0.3) is 0 Å². The van der Waals surface area contributed by atoms with Crippen LogP contribution in [0.5, 0.6) is 0 Å². The zero-order valence-electron chi connectivity index (χ0n) is 16.5. The van der Waals surface area contributed by atoms with E-state index in [1.165, 1.54) is 16.0 Å². The zero-order valence-corrected chi connectivity index (χ0v) is 19.6. The standard InChI is InChI=1S/C19H29N5S.HI/c1-13-7-9-16(10-8-13)17(24(5)6)11-21-19(20-4)22-12-18-14(2)23-15(3)25-18;/h7-10,17H,11-12H2,1-6H3,(H2,20,21,22);1H. The highest BCUT2D eigenvalue weighted by atomic mass is 127. The van der Waals surface area contributed by atoms with Crippen molar-refractivity contribution in [3.05, 3.63) is 51.0 Å². The average Bonchev–Trinajstić information content (AvgIpc) is 2.89. The van der Waals surface area contributed by atoms with Crippen LogP contribution in [0.15, 0.2) is 29.3 Å². The van der Waals surface area contributed by atoms with Gasteiger partial charge in [0.15, 0.2) is 5.96 Å². The number of likely N-dealkylation sites (N-methyl/N-ethyl adjacent to an activating group) is 1. The maximum absolute atomic E-state index is 4.47. The second kappa shape index (κ2) is 10.8. The Morgan fingerprint density at radius 2 is 1.81 bits per heavy atom. The second-order valence-electron chi connectivity index (χ2n) is 6.44. The smallest absolute Gasteiger partial charge is 0.191 e. The number of benzene rings is 1. The van der Waals surface area contributed by atoms with Crippen molar-refractivity contribution in [1.29, 1.82) is 0 Å². The van der Waals surface area contributed by atoms with Crippen molar-refractivity contribution in [1.82, 2.24) is 20.5 Å². The molecule has 0 aliphatic carbocycles. The van der Waals surface area contributed by atoms with Crippen LogP contribution in [0.4, 0.5) is 0 Å². The van der Waals surface area contributed by atoms with Gasteiger partial charge in [-0.15, -0.1) is 35.3 Å². The molecule has 2 N–H and O–H groups in total. The summed E-state index contributed by atoms with van der Waals surface area (Å²) in [6.07, 6.45) is 0. The highest BCUT2D eigenvalue weighted by Gasteiger charge is 2.14. The molecule has 0 spiro atoms. The number of nitrogens with one attached hydrogen (secondary N) is 2. The molecule has 5 nitrogen and oxygen atoms in total. The Kier molecular flexibility index (Phi) is 9.52. The number of hydrogen-bond donors (Lipinski definition) is 2.